The van der Waals surface area contributed by atoms with Crippen molar-refractivity contribution in [3.05, 3.63) is 72.8 Å². The molecule has 19 heavy (non-hydrogen) atoms. The van der Waals surface area contributed by atoms with Crippen molar-refractivity contribution in [3.8, 4) is 16.8 Å². The number of benzene rings is 2. The molecule has 0 atom stereocenters. The molecule has 0 saturated heterocycles. The van der Waals surface area contributed by atoms with E-state index in [-0.39, 0.29) is 0 Å². The first-order valence-corrected chi connectivity index (χ1v) is 6.01. The molecule has 0 bridgehead atoms. The molecular weight excluding hydrogens is 236 g/mol. The Labute approximate surface area is 111 Å². The lowest BCUT2D eigenvalue weighted by Gasteiger charge is -2.05. The number of hydrogen-bond acceptors (Lipinski definition) is 2. The van der Waals surface area contributed by atoms with Crippen molar-refractivity contribution in [2.45, 2.75) is 0 Å². The van der Waals surface area contributed by atoms with Crippen LogP contribution in [0.5, 0.6) is 0 Å². The molecule has 1 aromatic heterocycles. The van der Waals surface area contributed by atoms with Crippen molar-refractivity contribution in [2.24, 2.45) is 0 Å². The minimum Gasteiger partial charge on any atom is -0.306 e. The van der Waals surface area contributed by atoms with Gasteiger partial charge in [0.05, 0.1) is 6.33 Å². The molecule has 0 radical (unpaired) electrons. The third-order valence-corrected chi connectivity index (χ3v) is 3.05. The molecule has 0 fully saturated rings. The lowest BCUT2D eigenvalue weighted by molar-refractivity contribution is 0.112. The van der Waals surface area contributed by atoms with Gasteiger partial charge in [-0.05, 0) is 23.3 Å². The van der Waals surface area contributed by atoms with Crippen LogP contribution in [0.15, 0.2) is 67.3 Å². The van der Waals surface area contributed by atoms with Crippen molar-refractivity contribution >= 4 is 6.29 Å². The molecule has 0 aliphatic rings. The Kier molecular flexibility index (Phi) is 2.94. The van der Waals surface area contributed by atoms with Gasteiger partial charge in [-0.15, -0.1) is 0 Å². The second-order valence-corrected chi connectivity index (χ2v) is 4.26. The summed E-state index contributed by atoms with van der Waals surface area (Å²) in [6, 6.07) is 15.8. The van der Waals surface area contributed by atoms with Gasteiger partial charge in [-0.1, -0.05) is 36.4 Å². The topological polar surface area (TPSA) is 34.9 Å². The fraction of sp³-hybridized carbons (Fsp3) is 0. The smallest absolute Gasteiger partial charge is 0.150 e. The highest BCUT2D eigenvalue weighted by molar-refractivity contribution is 5.77. The Bertz CT molecular complexity index is 668. The maximum Gasteiger partial charge on any atom is 0.150 e. The van der Waals surface area contributed by atoms with Gasteiger partial charge in [0.25, 0.3) is 0 Å². The summed E-state index contributed by atoms with van der Waals surface area (Å²) < 4.78 is 1.96. The van der Waals surface area contributed by atoms with Crippen molar-refractivity contribution in [2.75, 3.05) is 0 Å². The molecule has 0 saturated carbocycles. The van der Waals surface area contributed by atoms with Gasteiger partial charge >= 0.3 is 0 Å². The van der Waals surface area contributed by atoms with Gasteiger partial charge in [-0.25, -0.2) is 4.98 Å². The van der Waals surface area contributed by atoms with Gasteiger partial charge in [0, 0.05) is 23.6 Å². The third kappa shape index (κ3) is 2.31. The highest BCUT2D eigenvalue weighted by Crippen LogP contribution is 2.21. The number of imidazole rings is 1. The summed E-state index contributed by atoms with van der Waals surface area (Å²) >= 11 is 0. The molecule has 0 N–H and O–H groups in total. The van der Waals surface area contributed by atoms with Crippen LogP contribution in [0.3, 0.4) is 0 Å². The number of rotatable bonds is 3. The monoisotopic (exact) mass is 248 g/mol. The van der Waals surface area contributed by atoms with Crippen LogP contribution in [0, 0.1) is 0 Å². The van der Waals surface area contributed by atoms with Crippen LogP contribution >= 0.6 is 0 Å². The quantitative estimate of drug-likeness (QED) is 0.666. The van der Waals surface area contributed by atoms with Crippen LogP contribution in [0.25, 0.3) is 16.8 Å². The number of carbonyl (C=O) groups is 1. The van der Waals surface area contributed by atoms with Crippen LogP contribution in [-0.2, 0) is 0 Å². The van der Waals surface area contributed by atoms with Gasteiger partial charge in [-0.3, -0.25) is 4.79 Å². The number of carbonyl (C=O) groups excluding carboxylic acids is 1. The standard InChI is InChI=1S/C16H12N2O/c19-11-13-1-3-14(4-2-13)15-5-7-16(8-6-15)18-10-9-17-12-18/h1-12H. The lowest BCUT2D eigenvalue weighted by atomic mass is 10.0. The van der Waals surface area contributed by atoms with Crippen molar-refractivity contribution in [3.63, 3.8) is 0 Å². The van der Waals surface area contributed by atoms with Crippen molar-refractivity contribution < 1.29 is 4.79 Å². The fourth-order valence-corrected chi connectivity index (χ4v) is 1.99. The van der Waals surface area contributed by atoms with Gasteiger partial charge < -0.3 is 4.57 Å². The first-order chi connectivity index (χ1) is 9.36. The first kappa shape index (κ1) is 11.4. The first-order valence-electron chi connectivity index (χ1n) is 6.01. The van der Waals surface area contributed by atoms with E-state index in [9.17, 15) is 4.79 Å². The summed E-state index contributed by atoms with van der Waals surface area (Å²) in [6.07, 6.45) is 6.29. The Hall–Kier alpha value is -2.68. The van der Waals surface area contributed by atoms with Gasteiger partial charge in [0.15, 0.2) is 0 Å². The molecule has 0 amide bonds. The van der Waals surface area contributed by atoms with E-state index < -0.39 is 0 Å². The van der Waals surface area contributed by atoms with Crippen molar-refractivity contribution in [1.82, 2.24) is 9.55 Å². The number of aromatic nitrogens is 2. The average Bonchev–Trinajstić information content (AvgIpc) is 3.02. The molecule has 0 unspecified atom stereocenters. The van der Waals surface area contributed by atoms with Gasteiger partial charge in [-0.2, -0.15) is 0 Å². The molecule has 0 spiro atoms. The van der Waals surface area contributed by atoms with E-state index >= 15 is 0 Å². The Morgan fingerprint density at radius 3 is 2.05 bits per heavy atom. The van der Waals surface area contributed by atoms with Crippen molar-refractivity contribution in [1.29, 1.82) is 0 Å². The van der Waals surface area contributed by atoms with Crippen LogP contribution in [0.2, 0.25) is 0 Å². The predicted octanol–water partition coefficient (Wildman–Crippen LogP) is 3.35. The zero-order valence-electron chi connectivity index (χ0n) is 10.2. The molecular formula is C16H12N2O. The van der Waals surface area contributed by atoms with E-state index in [0.717, 1.165) is 23.1 Å². The van der Waals surface area contributed by atoms with Crippen LogP contribution in [0.1, 0.15) is 10.4 Å². The second-order valence-electron chi connectivity index (χ2n) is 4.26. The minimum atomic E-state index is 0.693. The van der Waals surface area contributed by atoms with Crippen LogP contribution in [-0.4, -0.2) is 15.8 Å². The fourth-order valence-electron chi connectivity index (χ4n) is 1.99. The van der Waals surface area contributed by atoms with E-state index in [1.165, 1.54) is 0 Å². The minimum absolute atomic E-state index is 0.693. The largest absolute Gasteiger partial charge is 0.306 e. The zero-order valence-corrected chi connectivity index (χ0v) is 10.2. The third-order valence-electron chi connectivity index (χ3n) is 3.05. The van der Waals surface area contributed by atoms with E-state index in [0.29, 0.717) is 5.56 Å². The predicted molar refractivity (Wildman–Crippen MR) is 74.4 cm³/mol. The SMILES string of the molecule is O=Cc1ccc(-c2ccc(-n3ccnc3)cc2)cc1. The Morgan fingerprint density at radius 1 is 0.895 bits per heavy atom. The molecule has 0 aliphatic carbocycles. The Morgan fingerprint density at radius 2 is 1.53 bits per heavy atom. The maximum absolute atomic E-state index is 10.6. The maximum atomic E-state index is 10.6. The average molecular weight is 248 g/mol. The molecule has 92 valence electrons. The molecule has 3 nitrogen and oxygen atoms in total. The summed E-state index contributed by atoms with van der Waals surface area (Å²) in [5.74, 6) is 0. The summed E-state index contributed by atoms with van der Waals surface area (Å²) in [4.78, 5) is 14.6. The molecule has 0 aliphatic heterocycles. The highest BCUT2D eigenvalue weighted by atomic mass is 16.1. The molecule has 3 aromatic rings. The van der Waals surface area contributed by atoms with E-state index in [4.69, 9.17) is 0 Å². The Balaban J connectivity index is 1.91. The summed E-state index contributed by atoms with van der Waals surface area (Å²) in [5, 5.41) is 0. The number of hydrogen-bond donors (Lipinski definition) is 0. The normalized spacial score (nSPS) is 10.3. The summed E-state index contributed by atoms with van der Waals surface area (Å²) in [5.41, 5.74) is 3.99. The van der Waals surface area contributed by atoms with Crippen LogP contribution in [0.4, 0.5) is 0 Å². The summed E-state index contributed by atoms with van der Waals surface area (Å²) in [6.45, 7) is 0. The van der Waals surface area contributed by atoms with Gasteiger partial charge in [0.2, 0.25) is 0 Å². The highest BCUT2D eigenvalue weighted by Gasteiger charge is 1.99. The van der Waals surface area contributed by atoms with E-state index in [2.05, 4.69) is 17.1 Å². The number of nitrogens with zero attached hydrogens (tertiary/aromatic N) is 2. The van der Waals surface area contributed by atoms with E-state index in [1.807, 2.05) is 47.2 Å². The molecule has 3 rings (SSSR count). The van der Waals surface area contributed by atoms with Crippen LogP contribution < -0.4 is 0 Å². The molecule has 3 heteroatoms. The van der Waals surface area contributed by atoms with Gasteiger partial charge in [0.1, 0.15) is 6.29 Å². The summed E-state index contributed by atoms with van der Waals surface area (Å²) in [7, 11) is 0. The molecule has 1 heterocycles. The second kappa shape index (κ2) is 4.90. The lowest BCUT2D eigenvalue weighted by Crippen LogP contribution is -1.89. The number of aldehydes is 1. The zero-order chi connectivity index (χ0) is 13.1. The van der Waals surface area contributed by atoms with E-state index in [1.54, 1.807) is 12.5 Å². The molecule has 2 aromatic carbocycles.